The quantitative estimate of drug-likeness (QED) is 0.843. The van der Waals surface area contributed by atoms with E-state index in [4.69, 9.17) is 4.74 Å². The molecule has 0 spiro atoms. The summed E-state index contributed by atoms with van der Waals surface area (Å²) in [6, 6.07) is 1.84. The van der Waals surface area contributed by atoms with E-state index < -0.39 is 0 Å². The summed E-state index contributed by atoms with van der Waals surface area (Å²) in [4.78, 5) is 0. The minimum absolute atomic E-state index is 0.165. The summed E-state index contributed by atoms with van der Waals surface area (Å²) in [5.74, 6) is 1.35. The summed E-state index contributed by atoms with van der Waals surface area (Å²) in [5.41, 5.74) is 3.15. The highest BCUT2D eigenvalue weighted by Crippen LogP contribution is 2.34. The molecule has 0 aliphatic heterocycles. The van der Waals surface area contributed by atoms with Crippen molar-refractivity contribution in [2.75, 3.05) is 0 Å². The number of ether oxygens (including phenoxy) is 1. The molecule has 90 valence electrons. The average Bonchev–Trinajstić information content (AvgIpc) is 2.22. The zero-order valence-electron chi connectivity index (χ0n) is 10.9. The SMILES string of the molecule is CCc1cc(O)c(CC)c(C)c1OC(C)C. The first-order chi connectivity index (χ1) is 7.51. The fraction of sp³-hybridized carbons (Fsp3) is 0.571. The molecule has 0 heterocycles. The summed E-state index contributed by atoms with van der Waals surface area (Å²) in [6.45, 7) is 10.2. The molecule has 1 aromatic carbocycles. The summed E-state index contributed by atoms with van der Waals surface area (Å²) in [5, 5.41) is 9.91. The molecule has 0 unspecified atom stereocenters. The number of aryl methyl sites for hydroxylation is 1. The van der Waals surface area contributed by atoms with Crippen molar-refractivity contribution in [2.45, 2.75) is 53.6 Å². The Hall–Kier alpha value is -1.18. The van der Waals surface area contributed by atoms with Crippen LogP contribution in [0, 0.1) is 6.92 Å². The molecule has 0 atom stereocenters. The van der Waals surface area contributed by atoms with E-state index in [1.165, 1.54) is 0 Å². The lowest BCUT2D eigenvalue weighted by Crippen LogP contribution is -2.09. The minimum Gasteiger partial charge on any atom is -0.508 e. The van der Waals surface area contributed by atoms with Crippen molar-refractivity contribution in [2.24, 2.45) is 0 Å². The molecule has 0 saturated carbocycles. The molecule has 0 bridgehead atoms. The van der Waals surface area contributed by atoms with Crippen molar-refractivity contribution in [1.29, 1.82) is 0 Å². The Morgan fingerprint density at radius 2 is 1.88 bits per heavy atom. The first kappa shape index (κ1) is 12.9. The number of benzene rings is 1. The van der Waals surface area contributed by atoms with Crippen LogP contribution in [0.1, 0.15) is 44.4 Å². The van der Waals surface area contributed by atoms with Crippen LogP contribution in [-0.2, 0) is 12.8 Å². The second kappa shape index (κ2) is 5.24. The van der Waals surface area contributed by atoms with Gasteiger partial charge in [-0.3, -0.25) is 0 Å². The molecule has 0 amide bonds. The van der Waals surface area contributed by atoms with Crippen LogP contribution in [0.25, 0.3) is 0 Å². The Morgan fingerprint density at radius 3 is 2.31 bits per heavy atom. The highest BCUT2D eigenvalue weighted by Gasteiger charge is 2.14. The normalized spacial score (nSPS) is 10.9. The first-order valence-electron chi connectivity index (χ1n) is 6.02. The summed E-state index contributed by atoms with van der Waals surface area (Å²) < 4.78 is 5.85. The van der Waals surface area contributed by atoms with Gasteiger partial charge in [0.15, 0.2) is 0 Å². The van der Waals surface area contributed by atoms with Gasteiger partial charge in [-0.2, -0.15) is 0 Å². The summed E-state index contributed by atoms with van der Waals surface area (Å²) in [6.07, 6.45) is 1.87. The standard InChI is InChI=1S/C14H22O2/c1-6-11-8-13(15)12(7-2)10(5)14(11)16-9(3)4/h8-9,15H,6-7H2,1-5H3. The molecule has 16 heavy (non-hydrogen) atoms. The van der Waals surface area contributed by atoms with E-state index in [1.54, 1.807) is 0 Å². The van der Waals surface area contributed by atoms with Gasteiger partial charge in [-0.1, -0.05) is 13.8 Å². The molecular formula is C14H22O2. The van der Waals surface area contributed by atoms with E-state index in [2.05, 4.69) is 6.92 Å². The third-order valence-corrected chi connectivity index (χ3v) is 2.79. The maximum Gasteiger partial charge on any atom is 0.126 e. The molecule has 2 heteroatoms. The van der Waals surface area contributed by atoms with Crippen LogP contribution in [0.4, 0.5) is 0 Å². The number of rotatable bonds is 4. The van der Waals surface area contributed by atoms with Crippen LogP contribution in [0.2, 0.25) is 0 Å². The van der Waals surface area contributed by atoms with E-state index in [1.807, 2.05) is 33.8 Å². The number of phenols is 1. The van der Waals surface area contributed by atoms with Gasteiger partial charge in [-0.25, -0.2) is 0 Å². The molecule has 2 nitrogen and oxygen atoms in total. The third-order valence-electron chi connectivity index (χ3n) is 2.79. The smallest absolute Gasteiger partial charge is 0.126 e. The summed E-state index contributed by atoms with van der Waals surface area (Å²) in [7, 11) is 0. The Bertz CT molecular complexity index is 367. The second-order valence-corrected chi connectivity index (χ2v) is 4.36. The predicted molar refractivity (Wildman–Crippen MR) is 67.4 cm³/mol. The number of hydrogen-bond acceptors (Lipinski definition) is 2. The molecule has 0 aliphatic carbocycles. The van der Waals surface area contributed by atoms with Crippen molar-refractivity contribution in [3.05, 3.63) is 22.8 Å². The minimum atomic E-state index is 0.165. The molecule has 0 aliphatic rings. The van der Waals surface area contributed by atoms with Crippen LogP contribution < -0.4 is 4.74 Å². The third kappa shape index (κ3) is 2.49. The largest absolute Gasteiger partial charge is 0.508 e. The maximum absolute atomic E-state index is 9.91. The number of phenolic OH excluding ortho intramolecular Hbond substituents is 1. The lowest BCUT2D eigenvalue weighted by Gasteiger charge is -2.19. The van der Waals surface area contributed by atoms with Crippen molar-refractivity contribution < 1.29 is 9.84 Å². The molecular weight excluding hydrogens is 200 g/mol. The van der Waals surface area contributed by atoms with Crippen LogP contribution in [0.15, 0.2) is 6.07 Å². The predicted octanol–water partition coefficient (Wildman–Crippen LogP) is 3.61. The molecule has 1 rings (SSSR count). The van der Waals surface area contributed by atoms with Crippen molar-refractivity contribution in [1.82, 2.24) is 0 Å². The van der Waals surface area contributed by atoms with Crippen molar-refractivity contribution in [3.8, 4) is 11.5 Å². The highest BCUT2D eigenvalue weighted by atomic mass is 16.5. The van der Waals surface area contributed by atoms with Crippen LogP contribution >= 0.6 is 0 Å². The van der Waals surface area contributed by atoms with E-state index in [0.29, 0.717) is 5.75 Å². The lowest BCUT2D eigenvalue weighted by molar-refractivity contribution is 0.237. The maximum atomic E-state index is 9.91. The van der Waals surface area contributed by atoms with Gasteiger partial charge in [-0.05, 0) is 50.8 Å². The fourth-order valence-electron chi connectivity index (χ4n) is 2.00. The average molecular weight is 222 g/mol. The first-order valence-corrected chi connectivity index (χ1v) is 6.02. The molecule has 0 aromatic heterocycles. The monoisotopic (exact) mass is 222 g/mol. The Balaban J connectivity index is 3.31. The van der Waals surface area contributed by atoms with Crippen molar-refractivity contribution in [3.63, 3.8) is 0 Å². The van der Waals surface area contributed by atoms with Gasteiger partial charge >= 0.3 is 0 Å². The Kier molecular flexibility index (Phi) is 4.22. The van der Waals surface area contributed by atoms with Gasteiger partial charge in [0, 0.05) is 5.56 Å². The lowest BCUT2D eigenvalue weighted by atomic mass is 9.99. The van der Waals surface area contributed by atoms with Crippen LogP contribution in [0.3, 0.4) is 0 Å². The topological polar surface area (TPSA) is 29.5 Å². The van der Waals surface area contributed by atoms with E-state index in [9.17, 15) is 5.11 Å². The van der Waals surface area contributed by atoms with E-state index in [-0.39, 0.29) is 6.10 Å². The zero-order valence-corrected chi connectivity index (χ0v) is 10.9. The Morgan fingerprint density at radius 1 is 1.25 bits per heavy atom. The van der Waals surface area contributed by atoms with Crippen LogP contribution in [0.5, 0.6) is 11.5 Å². The van der Waals surface area contributed by atoms with E-state index >= 15 is 0 Å². The summed E-state index contributed by atoms with van der Waals surface area (Å²) >= 11 is 0. The molecule has 0 fully saturated rings. The molecule has 0 saturated heterocycles. The second-order valence-electron chi connectivity index (χ2n) is 4.36. The van der Waals surface area contributed by atoms with Gasteiger partial charge < -0.3 is 9.84 Å². The van der Waals surface area contributed by atoms with Gasteiger partial charge in [0.25, 0.3) is 0 Å². The van der Waals surface area contributed by atoms with Crippen LogP contribution in [-0.4, -0.2) is 11.2 Å². The zero-order chi connectivity index (χ0) is 12.3. The highest BCUT2D eigenvalue weighted by molar-refractivity contribution is 5.52. The van der Waals surface area contributed by atoms with Gasteiger partial charge in [0.2, 0.25) is 0 Å². The van der Waals surface area contributed by atoms with Gasteiger partial charge in [0.1, 0.15) is 11.5 Å². The number of hydrogen-bond donors (Lipinski definition) is 1. The van der Waals surface area contributed by atoms with Crippen molar-refractivity contribution >= 4 is 0 Å². The number of aromatic hydroxyl groups is 1. The van der Waals surface area contributed by atoms with Gasteiger partial charge in [-0.15, -0.1) is 0 Å². The molecule has 1 aromatic rings. The van der Waals surface area contributed by atoms with E-state index in [0.717, 1.165) is 35.3 Å². The fourth-order valence-corrected chi connectivity index (χ4v) is 2.00. The Labute approximate surface area is 98.3 Å². The molecule has 0 radical (unpaired) electrons. The molecule has 1 N–H and O–H groups in total. The van der Waals surface area contributed by atoms with Gasteiger partial charge in [0.05, 0.1) is 6.10 Å².